The third kappa shape index (κ3) is 4.63. The molecule has 27 heavy (non-hydrogen) atoms. The van der Waals surface area contributed by atoms with Gasteiger partial charge in [0.05, 0.1) is 0 Å². The Labute approximate surface area is 158 Å². The van der Waals surface area contributed by atoms with Crippen LogP contribution in [0.25, 0.3) is 0 Å². The molecule has 1 aliphatic rings. The fourth-order valence-corrected chi connectivity index (χ4v) is 4.49. The molecule has 0 aromatic heterocycles. The smallest absolute Gasteiger partial charge is 0.246 e. The minimum absolute atomic E-state index is 0.0848. The number of anilines is 1. The van der Waals surface area contributed by atoms with E-state index in [0.29, 0.717) is 0 Å². The van der Waals surface area contributed by atoms with Crippen molar-refractivity contribution in [2.75, 3.05) is 37.6 Å². The summed E-state index contributed by atoms with van der Waals surface area (Å²) < 4.78 is 54.4. The molecule has 2 aromatic rings. The van der Waals surface area contributed by atoms with Crippen molar-refractivity contribution in [1.29, 1.82) is 0 Å². The van der Waals surface area contributed by atoms with Gasteiger partial charge in [0, 0.05) is 44.5 Å². The first kappa shape index (κ1) is 19.7. The largest absolute Gasteiger partial charge is 0.369 e. The Morgan fingerprint density at radius 1 is 0.963 bits per heavy atom. The molecule has 1 aliphatic heterocycles. The molecule has 1 N–H and O–H groups in total. The third-order valence-electron chi connectivity index (χ3n) is 4.82. The predicted octanol–water partition coefficient (Wildman–Crippen LogP) is 2.45. The number of rotatable bonds is 6. The molecular formula is C19H23F2N3O2S. The molecule has 3 rings (SSSR count). The molecule has 0 amide bonds. The number of sulfonamides is 1. The summed E-state index contributed by atoms with van der Waals surface area (Å²) in [5.41, 5.74) is 1.17. The summed E-state index contributed by atoms with van der Waals surface area (Å²) >= 11 is 0. The SMILES string of the molecule is C[C@@H](CNS(=O)(=O)c1c(F)cccc1F)N1CCN(c2ccccc2)CC1. The topological polar surface area (TPSA) is 52.7 Å². The molecule has 0 radical (unpaired) electrons. The van der Waals surface area contributed by atoms with Gasteiger partial charge < -0.3 is 4.90 Å². The Balaban J connectivity index is 1.56. The molecular weight excluding hydrogens is 372 g/mol. The van der Waals surface area contributed by atoms with E-state index in [2.05, 4.69) is 26.7 Å². The van der Waals surface area contributed by atoms with Crippen molar-refractivity contribution in [3.8, 4) is 0 Å². The van der Waals surface area contributed by atoms with E-state index in [0.717, 1.165) is 44.4 Å². The molecule has 0 spiro atoms. The molecule has 0 bridgehead atoms. The first-order valence-electron chi connectivity index (χ1n) is 8.86. The lowest BCUT2D eigenvalue weighted by molar-refractivity contribution is 0.198. The molecule has 5 nitrogen and oxygen atoms in total. The highest BCUT2D eigenvalue weighted by molar-refractivity contribution is 7.89. The van der Waals surface area contributed by atoms with E-state index < -0.39 is 26.6 Å². The van der Waals surface area contributed by atoms with Crippen LogP contribution in [0.5, 0.6) is 0 Å². The Morgan fingerprint density at radius 3 is 2.15 bits per heavy atom. The molecule has 1 atom stereocenters. The summed E-state index contributed by atoms with van der Waals surface area (Å²) in [6.07, 6.45) is 0. The van der Waals surface area contributed by atoms with Crippen molar-refractivity contribution >= 4 is 15.7 Å². The summed E-state index contributed by atoms with van der Waals surface area (Å²) in [4.78, 5) is 3.52. The van der Waals surface area contributed by atoms with Crippen LogP contribution in [0.2, 0.25) is 0 Å². The fourth-order valence-electron chi connectivity index (χ4n) is 3.23. The van der Waals surface area contributed by atoms with E-state index in [4.69, 9.17) is 0 Å². The standard InChI is InChI=1S/C19H23F2N3O2S/c1-15(14-22-27(25,26)19-17(20)8-5-9-18(19)21)23-10-12-24(13-11-23)16-6-3-2-4-7-16/h2-9,15,22H,10-14H2,1H3/t15-/m0/s1. The maximum Gasteiger partial charge on any atom is 0.246 e. The minimum Gasteiger partial charge on any atom is -0.369 e. The van der Waals surface area contributed by atoms with Crippen LogP contribution in [0.3, 0.4) is 0 Å². The number of benzene rings is 2. The molecule has 0 unspecified atom stereocenters. The molecule has 1 saturated heterocycles. The van der Waals surface area contributed by atoms with Gasteiger partial charge >= 0.3 is 0 Å². The summed E-state index contributed by atoms with van der Waals surface area (Å²) in [7, 11) is -4.25. The quantitative estimate of drug-likeness (QED) is 0.816. The summed E-state index contributed by atoms with van der Waals surface area (Å²) in [6, 6.07) is 13.0. The number of nitrogens with zero attached hydrogens (tertiary/aromatic N) is 2. The Hall–Kier alpha value is -2.03. The van der Waals surface area contributed by atoms with Gasteiger partial charge in [-0.1, -0.05) is 24.3 Å². The lowest BCUT2D eigenvalue weighted by Gasteiger charge is -2.39. The van der Waals surface area contributed by atoms with Crippen molar-refractivity contribution in [1.82, 2.24) is 9.62 Å². The average Bonchev–Trinajstić information content (AvgIpc) is 2.67. The highest BCUT2D eigenvalue weighted by Gasteiger charge is 2.26. The monoisotopic (exact) mass is 395 g/mol. The molecule has 0 saturated carbocycles. The van der Waals surface area contributed by atoms with Gasteiger partial charge in [-0.2, -0.15) is 0 Å². The van der Waals surface area contributed by atoms with Crippen LogP contribution < -0.4 is 9.62 Å². The minimum atomic E-state index is -4.25. The lowest BCUT2D eigenvalue weighted by Crippen LogP contribution is -2.52. The molecule has 0 aliphatic carbocycles. The van der Waals surface area contributed by atoms with Crippen LogP contribution in [-0.4, -0.2) is 52.1 Å². The van der Waals surface area contributed by atoms with Crippen molar-refractivity contribution in [3.05, 3.63) is 60.2 Å². The third-order valence-corrected chi connectivity index (χ3v) is 6.29. The van der Waals surface area contributed by atoms with Crippen molar-refractivity contribution < 1.29 is 17.2 Å². The van der Waals surface area contributed by atoms with Gasteiger partial charge in [-0.3, -0.25) is 4.90 Å². The predicted molar refractivity (Wildman–Crippen MR) is 101 cm³/mol. The number of nitrogens with one attached hydrogen (secondary N) is 1. The zero-order valence-corrected chi connectivity index (χ0v) is 15.9. The Kier molecular flexibility index (Phi) is 6.08. The zero-order valence-electron chi connectivity index (χ0n) is 15.1. The van der Waals surface area contributed by atoms with Gasteiger partial charge in [-0.15, -0.1) is 0 Å². The molecule has 2 aromatic carbocycles. The van der Waals surface area contributed by atoms with Crippen LogP contribution in [0.4, 0.5) is 14.5 Å². The van der Waals surface area contributed by atoms with Crippen LogP contribution in [0, 0.1) is 11.6 Å². The van der Waals surface area contributed by atoms with Gasteiger partial charge in [-0.05, 0) is 31.2 Å². The number of halogens is 2. The zero-order chi connectivity index (χ0) is 19.4. The van der Waals surface area contributed by atoms with E-state index in [-0.39, 0.29) is 12.6 Å². The van der Waals surface area contributed by atoms with Crippen molar-refractivity contribution in [2.24, 2.45) is 0 Å². The number of para-hydroxylation sites is 1. The highest BCUT2D eigenvalue weighted by Crippen LogP contribution is 2.19. The molecule has 146 valence electrons. The second-order valence-electron chi connectivity index (χ2n) is 6.61. The van der Waals surface area contributed by atoms with E-state index in [1.54, 1.807) is 0 Å². The van der Waals surface area contributed by atoms with E-state index in [1.807, 2.05) is 25.1 Å². The van der Waals surface area contributed by atoms with E-state index in [9.17, 15) is 17.2 Å². The maximum absolute atomic E-state index is 13.8. The summed E-state index contributed by atoms with van der Waals surface area (Å²) in [6.45, 7) is 5.23. The van der Waals surface area contributed by atoms with Gasteiger partial charge in [-0.25, -0.2) is 21.9 Å². The number of hydrogen-bond donors (Lipinski definition) is 1. The van der Waals surface area contributed by atoms with E-state index in [1.165, 1.54) is 5.69 Å². The van der Waals surface area contributed by atoms with Gasteiger partial charge in [0.1, 0.15) is 11.6 Å². The highest BCUT2D eigenvalue weighted by atomic mass is 32.2. The number of piperazine rings is 1. The van der Waals surface area contributed by atoms with Crippen LogP contribution >= 0.6 is 0 Å². The lowest BCUT2D eigenvalue weighted by atomic mass is 10.2. The molecule has 8 heteroatoms. The van der Waals surface area contributed by atoms with E-state index >= 15 is 0 Å². The summed E-state index contributed by atoms with van der Waals surface area (Å²) in [5, 5.41) is 0. The van der Waals surface area contributed by atoms with Gasteiger partial charge in [0.15, 0.2) is 4.90 Å². The van der Waals surface area contributed by atoms with Crippen LogP contribution in [0.1, 0.15) is 6.92 Å². The normalized spacial score (nSPS) is 17.1. The van der Waals surface area contributed by atoms with Crippen molar-refractivity contribution in [3.63, 3.8) is 0 Å². The molecule has 1 fully saturated rings. The second-order valence-corrected chi connectivity index (χ2v) is 8.31. The maximum atomic E-state index is 13.8. The molecule has 1 heterocycles. The van der Waals surface area contributed by atoms with Crippen LogP contribution in [-0.2, 0) is 10.0 Å². The van der Waals surface area contributed by atoms with Gasteiger partial charge in [0.2, 0.25) is 10.0 Å². The summed E-state index contributed by atoms with van der Waals surface area (Å²) in [5.74, 6) is -2.18. The first-order chi connectivity index (χ1) is 12.9. The second kappa shape index (κ2) is 8.33. The fraction of sp³-hybridized carbons (Fsp3) is 0.368. The number of hydrogen-bond acceptors (Lipinski definition) is 4. The van der Waals surface area contributed by atoms with Crippen molar-refractivity contribution in [2.45, 2.75) is 17.9 Å². The van der Waals surface area contributed by atoms with Gasteiger partial charge in [0.25, 0.3) is 0 Å². The first-order valence-corrected chi connectivity index (χ1v) is 10.3. The van der Waals surface area contributed by atoms with Crippen LogP contribution in [0.15, 0.2) is 53.4 Å². The Bertz CT molecular complexity index is 850. The average molecular weight is 395 g/mol. The Morgan fingerprint density at radius 2 is 1.56 bits per heavy atom.